The van der Waals surface area contributed by atoms with Crippen molar-refractivity contribution in [2.75, 3.05) is 0 Å². The first-order valence-corrected chi connectivity index (χ1v) is 3.63. The standard InChI is InChI=1S/2Na.H2O4Se.2H/c;;1-5(2,3)4;;/h;;(H2,1,2,3,4);;/q2*+1;;2*-1. The Labute approximate surface area is 90.1 Å². The van der Waals surface area contributed by atoms with Crippen LogP contribution in [0.15, 0.2) is 0 Å². The van der Waals surface area contributed by atoms with E-state index in [1.54, 1.807) is 0 Å². The van der Waals surface area contributed by atoms with E-state index in [0.29, 0.717) is 0 Å². The van der Waals surface area contributed by atoms with Crippen LogP contribution in [-0.2, 0) is 7.67 Å². The van der Waals surface area contributed by atoms with Gasteiger partial charge in [-0.05, 0) is 0 Å². The van der Waals surface area contributed by atoms with E-state index in [-0.39, 0.29) is 62.0 Å². The van der Waals surface area contributed by atoms with Gasteiger partial charge in [-0.3, -0.25) is 0 Å². The van der Waals surface area contributed by atoms with Gasteiger partial charge >= 0.3 is 88.5 Å². The van der Waals surface area contributed by atoms with Crippen LogP contribution < -0.4 is 59.1 Å². The summed E-state index contributed by atoms with van der Waals surface area (Å²) in [5, 5.41) is 0. The maximum atomic E-state index is 8.82. The first-order chi connectivity index (χ1) is 2.00. The summed E-state index contributed by atoms with van der Waals surface area (Å²) in [6, 6.07) is 0. The van der Waals surface area contributed by atoms with Crippen molar-refractivity contribution in [3.63, 3.8) is 0 Å². The Kier molecular flexibility index (Phi) is 14.1. The summed E-state index contributed by atoms with van der Waals surface area (Å²) in [6.07, 6.45) is 0. The topological polar surface area (TPSA) is 74.6 Å². The van der Waals surface area contributed by atoms with Gasteiger partial charge in [-0.2, -0.15) is 0 Å². The molecule has 0 amide bonds. The van der Waals surface area contributed by atoms with E-state index in [4.69, 9.17) is 16.0 Å². The van der Waals surface area contributed by atoms with Gasteiger partial charge < -0.3 is 2.85 Å². The van der Waals surface area contributed by atoms with E-state index in [1.807, 2.05) is 0 Å². The van der Waals surface area contributed by atoms with Crippen LogP contribution in [0.2, 0.25) is 0 Å². The molecule has 0 fully saturated rings. The first-order valence-electron chi connectivity index (χ1n) is 0.698. The Balaban J connectivity index is -0.0000000133. The molecule has 0 aromatic rings. The van der Waals surface area contributed by atoms with Crippen LogP contribution in [0.4, 0.5) is 0 Å². The van der Waals surface area contributed by atoms with Gasteiger partial charge in [-0.25, -0.2) is 0 Å². The molecule has 7 heteroatoms. The summed E-state index contributed by atoms with van der Waals surface area (Å²) in [6.45, 7) is 0. The van der Waals surface area contributed by atoms with Crippen molar-refractivity contribution in [1.29, 1.82) is 0 Å². The third-order valence-electron chi connectivity index (χ3n) is 0. The molecular formula is H4Na2O4Se. The third kappa shape index (κ3) is 70.5. The predicted molar refractivity (Wildman–Crippen MR) is 13.8 cm³/mol. The predicted octanol–water partition coefficient (Wildman–Crippen LogP) is -7.50. The summed E-state index contributed by atoms with van der Waals surface area (Å²) in [7, 11) is 0. The maximum Gasteiger partial charge on any atom is 1.00 e. The monoisotopic (exact) mass is 194 g/mol. The van der Waals surface area contributed by atoms with Crippen molar-refractivity contribution >= 4 is 13.4 Å². The molecule has 0 aromatic carbocycles. The smallest absolute Gasteiger partial charge is 1.00 e. The minimum Gasteiger partial charge on any atom is -1.00 e. The zero-order chi connectivity index (χ0) is 4.50. The summed E-state index contributed by atoms with van der Waals surface area (Å²) in [5.41, 5.74) is 0. The molecule has 0 unspecified atom stereocenters. The molecule has 0 rings (SSSR count). The summed E-state index contributed by atoms with van der Waals surface area (Å²) in [4.78, 5) is 0. The first kappa shape index (κ1) is 16.0. The Morgan fingerprint density at radius 3 is 1.14 bits per heavy atom. The number of hydrogen-bond acceptors (Lipinski definition) is 2. The van der Waals surface area contributed by atoms with Gasteiger partial charge in [0.1, 0.15) is 0 Å². The van der Waals surface area contributed by atoms with Gasteiger partial charge in [0, 0.05) is 0 Å². The van der Waals surface area contributed by atoms with E-state index < -0.39 is 13.4 Å². The van der Waals surface area contributed by atoms with E-state index in [0.717, 1.165) is 0 Å². The fraction of sp³-hybridized carbons (Fsp3) is 0. The van der Waals surface area contributed by atoms with E-state index in [9.17, 15) is 0 Å². The van der Waals surface area contributed by atoms with Crippen molar-refractivity contribution in [2.24, 2.45) is 0 Å². The normalized spacial score (nSPS) is 8.29. The van der Waals surface area contributed by atoms with Gasteiger partial charge in [-0.15, -0.1) is 0 Å². The molecule has 0 saturated carbocycles. The number of rotatable bonds is 0. The van der Waals surface area contributed by atoms with Crippen LogP contribution >= 0.6 is 0 Å². The molecule has 0 aliphatic rings. The van der Waals surface area contributed by atoms with Gasteiger partial charge in [0.25, 0.3) is 0 Å². The Hall–Kier alpha value is 2.04. The Morgan fingerprint density at radius 1 is 1.14 bits per heavy atom. The number of hydrogen-bond donors (Lipinski definition) is 2. The zero-order valence-electron chi connectivity index (χ0n) is 6.12. The minimum absolute atomic E-state index is 0. The van der Waals surface area contributed by atoms with Crippen molar-refractivity contribution in [3.05, 3.63) is 0 Å². The van der Waals surface area contributed by atoms with E-state index >= 15 is 0 Å². The van der Waals surface area contributed by atoms with E-state index in [1.165, 1.54) is 0 Å². The maximum absolute atomic E-state index is 8.82. The van der Waals surface area contributed by atoms with E-state index in [2.05, 4.69) is 0 Å². The van der Waals surface area contributed by atoms with Gasteiger partial charge in [0.05, 0.1) is 0 Å². The quantitative estimate of drug-likeness (QED) is 0.375. The zero-order valence-corrected chi connectivity index (χ0v) is 9.83. The average Bonchev–Trinajstić information content (AvgIpc) is 0.722. The van der Waals surface area contributed by atoms with Crippen molar-refractivity contribution in [1.82, 2.24) is 0 Å². The molecule has 0 radical (unpaired) electrons. The Bertz CT molecular complexity index is 99.7. The molecular weight excluding hydrogens is 189 g/mol. The van der Waals surface area contributed by atoms with Crippen LogP contribution in [0.25, 0.3) is 0 Å². The van der Waals surface area contributed by atoms with Crippen molar-refractivity contribution < 1.29 is 78.0 Å². The fourth-order valence-electron chi connectivity index (χ4n) is 0. The second-order valence-electron chi connectivity index (χ2n) is 0.448. The van der Waals surface area contributed by atoms with Crippen molar-refractivity contribution in [3.8, 4) is 0 Å². The second-order valence-corrected chi connectivity index (χ2v) is 2.33. The van der Waals surface area contributed by atoms with Gasteiger partial charge in [0.2, 0.25) is 0 Å². The van der Waals surface area contributed by atoms with Gasteiger partial charge in [0.15, 0.2) is 0 Å². The molecule has 7 heavy (non-hydrogen) atoms. The molecule has 0 atom stereocenters. The molecule has 4 nitrogen and oxygen atoms in total. The molecule has 2 N–H and O–H groups in total. The summed E-state index contributed by atoms with van der Waals surface area (Å²) >= 11 is -5.25. The van der Waals surface area contributed by atoms with Crippen LogP contribution in [0, 0.1) is 0 Å². The summed E-state index contributed by atoms with van der Waals surface area (Å²) < 4.78 is 31.9. The third-order valence-corrected chi connectivity index (χ3v) is 0. The second kappa shape index (κ2) is 6.16. The minimum atomic E-state index is -5.25. The molecule has 0 aliphatic carbocycles. The molecule has 36 valence electrons. The largest absolute Gasteiger partial charge is 1.00 e. The SMILES string of the molecule is O=[Se](=O)(O)O.[H-].[H-].[Na+].[Na+]. The molecule has 0 aromatic heterocycles. The van der Waals surface area contributed by atoms with Crippen molar-refractivity contribution in [2.45, 2.75) is 0 Å². The summed E-state index contributed by atoms with van der Waals surface area (Å²) in [5.74, 6) is 0. The average molecular weight is 193 g/mol. The Morgan fingerprint density at radius 2 is 1.14 bits per heavy atom. The molecule has 0 saturated heterocycles. The molecule has 0 spiro atoms. The van der Waals surface area contributed by atoms with Crippen LogP contribution in [0.1, 0.15) is 2.85 Å². The van der Waals surface area contributed by atoms with Crippen LogP contribution in [-0.4, -0.2) is 21.7 Å². The molecule has 0 aliphatic heterocycles. The fourth-order valence-corrected chi connectivity index (χ4v) is 0. The molecule has 0 bridgehead atoms. The molecule has 0 heterocycles. The van der Waals surface area contributed by atoms with Crippen LogP contribution in [0.3, 0.4) is 0 Å². The van der Waals surface area contributed by atoms with Gasteiger partial charge in [-0.1, -0.05) is 0 Å². The van der Waals surface area contributed by atoms with Crippen LogP contribution in [0.5, 0.6) is 0 Å².